The SMILES string of the molecule is O=C(N(CN1CCC(Cc2ccc(F)cc2)CC1)[C@@H]1C[C@H]1c1ccccc1)C(F)(F)F. The quantitative estimate of drug-likeness (QED) is 0.599. The molecular formula is C24H26F4N2O. The number of likely N-dealkylation sites (tertiary alicyclic amines) is 1. The van der Waals surface area contributed by atoms with Crippen molar-refractivity contribution in [2.24, 2.45) is 5.92 Å². The van der Waals surface area contributed by atoms with Crippen LogP contribution in [-0.2, 0) is 11.2 Å². The Bertz CT molecular complexity index is 877. The predicted molar refractivity (Wildman–Crippen MR) is 110 cm³/mol. The summed E-state index contributed by atoms with van der Waals surface area (Å²) >= 11 is 0. The van der Waals surface area contributed by atoms with Gasteiger partial charge in [-0.1, -0.05) is 42.5 Å². The van der Waals surface area contributed by atoms with E-state index in [-0.39, 0.29) is 18.4 Å². The average Bonchev–Trinajstić information content (AvgIpc) is 3.55. The highest BCUT2D eigenvalue weighted by Crippen LogP contribution is 2.45. The fraction of sp³-hybridized carbons (Fsp3) is 0.458. The normalized spacial score (nSPS) is 22.3. The Morgan fingerprint density at radius 1 is 1.00 bits per heavy atom. The van der Waals surface area contributed by atoms with Crippen molar-refractivity contribution in [3.8, 4) is 0 Å². The average molecular weight is 434 g/mol. The van der Waals surface area contributed by atoms with Crippen LogP contribution in [0.1, 0.15) is 36.3 Å². The molecule has 1 aliphatic carbocycles. The summed E-state index contributed by atoms with van der Waals surface area (Å²) in [6.45, 7) is 1.31. The van der Waals surface area contributed by atoms with E-state index in [0.29, 0.717) is 25.4 Å². The number of nitrogens with zero attached hydrogens (tertiary/aromatic N) is 2. The third-order valence-corrected chi connectivity index (χ3v) is 6.39. The van der Waals surface area contributed by atoms with Gasteiger partial charge in [-0.25, -0.2) is 4.39 Å². The van der Waals surface area contributed by atoms with Gasteiger partial charge in [0.1, 0.15) is 5.82 Å². The van der Waals surface area contributed by atoms with Crippen LogP contribution in [0.15, 0.2) is 54.6 Å². The maximum Gasteiger partial charge on any atom is 0.471 e. The summed E-state index contributed by atoms with van der Waals surface area (Å²) in [7, 11) is 0. The van der Waals surface area contributed by atoms with E-state index in [1.165, 1.54) is 12.1 Å². The number of carbonyl (C=O) groups is 1. The van der Waals surface area contributed by atoms with Gasteiger partial charge in [-0.2, -0.15) is 13.2 Å². The summed E-state index contributed by atoms with van der Waals surface area (Å²) in [4.78, 5) is 15.1. The van der Waals surface area contributed by atoms with Crippen LogP contribution in [0.2, 0.25) is 0 Å². The second-order valence-electron chi connectivity index (χ2n) is 8.63. The molecule has 1 aliphatic heterocycles. The van der Waals surface area contributed by atoms with Gasteiger partial charge >= 0.3 is 12.1 Å². The van der Waals surface area contributed by atoms with Gasteiger partial charge in [0.2, 0.25) is 0 Å². The number of carbonyl (C=O) groups excluding carboxylic acids is 1. The number of amides is 1. The molecule has 3 nitrogen and oxygen atoms in total. The predicted octanol–water partition coefficient (Wildman–Crippen LogP) is 4.98. The molecule has 0 unspecified atom stereocenters. The van der Waals surface area contributed by atoms with E-state index in [1.807, 2.05) is 35.2 Å². The monoisotopic (exact) mass is 434 g/mol. The molecule has 4 rings (SSSR count). The van der Waals surface area contributed by atoms with E-state index < -0.39 is 18.1 Å². The highest BCUT2D eigenvalue weighted by molar-refractivity contribution is 5.82. The molecule has 2 fully saturated rings. The molecule has 166 valence electrons. The highest BCUT2D eigenvalue weighted by atomic mass is 19.4. The molecule has 2 aliphatic rings. The Balaban J connectivity index is 1.36. The van der Waals surface area contributed by atoms with Crippen LogP contribution in [0.3, 0.4) is 0 Å². The van der Waals surface area contributed by atoms with Crippen molar-refractivity contribution < 1.29 is 22.4 Å². The molecule has 1 saturated carbocycles. The largest absolute Gasteiger partial charge is 0.471 e. The Hall–Kier alpha value is -2.41. The van der Waals surface area contributed by atoms with Gasteiger partial charge < -0.3 is 4.90 Å². The second kappa shape index (κ2) is 8.99. The third-order valence-electron chi connectivity index (χ3n) is 6.39. The number of halogens is 4. The topological polar surface area (TPSA) is 23.6 Å². The van der Waals surface area contributed by atoms with Gasteiger partial charge in [-0.05, 0) is 54.9 Å². The van der Waals surface area contributed by atoms with Gasteiger partial charge in [-0.3, -0.25) is 9.69 Å². The fourth-order valence-corrected chi connectivity index (χ4v) is 4.57. The molecule has 0 aromatic heterocycles. The zero-order chi connectivity index (χ0) is 22.0. The first-order valence-electron chi connectivity index (χ1n) is 10.7. The number of hydrogen-bond donors (Lipinski definition) is 0. The lowest BCUT2D eigenvalue weighted by Crippen LogP contribution is -2.50. The maximum atomic E-state index is 13.3. The number of hydrogen-bond acceptors (Lipinski definition) is 2. The standard InChI is InChI=1S/C24H26F4N2O/c25-20-8-6-17(7-9-20)14-18-10-12-29(13-11-18)16-30(23(31)24(26,27)28)22-15-21(22)19-4-2-1-3-5-19/h1-9,18,21-22H,10-16H2/t21-,22+/m0/s1. The minimum atomic E-state index is -4.87. The van der Waals surface area contributed by atoms with Crippen LogP contribution in [0.5, 0.6) is 0 Å². The van der Waals surface area contributed by atoms with Gasteiger partial charge in [0.15, 0.2) is 0 Å². The lowest BCUT2D eigenvalue weighted by atomic mass is 9.90. The lowest BCUT2D eigenvalue weighted by Gasteiger charge is -2.36. The first-order valence-corrected chi connectivity index (χ1v) is 10.7. The Morgan fingerprint density at radius 3 is 2.26 bits per heavy atom. The molecular weight excluding hydrogens is 408 g/mol. The number of rotatable bonds is 6. The molecule has 0 radical (unpaired) electrons. The van der Waals surface area contributed by atoms with Gasteiger partial charge in [0.25, 0.3) is 0 Å². The number of alkyl halides is 3. The van der Waals surface area contributed by atoms with Crippen LogP contribution in [0, 0.1) is 11.7 Å². The molecule has 2 aromatic rings. The first-order chi connectivity index (χ1) is 14.8. The van der Waals surface area contributed by atoms with Crippen molar-refractivity contribution in [3.05, 3.63) is 71.5 Å². The Labute approximate surface area is 179 Å². The fourth-order valence-electron chi connectivity index (χ4n) is 4.57. The molecule has 7 heteroatoms. The Morgan fingerprint density at radius 2 is 1.65 bits per heavy atom. The van der Waals surface area contributed by atoms with Crippen molar-refractivity contribution in [2.45, 2.75) is 43.8 Å². The van der Waals surface area contributed by atoms with Crippen molar-refractivity contribution in [3.63, 3.8) is 0 Å². The van der Waals surface area contributed by atoms with Gasteiger partial charge in [-0.15, -0.1) is 0 Å². The summed E-state index contributed by atoms with van der Waals surface area (Å²) in [5.41, 5.74) is 2.04. The maximum absolute atomic E-state index is 13.3. The summed E-state index contributed by atoms with van der Waals surface area (Å²) in [6.07, 6.45) is -1.79. The van der Waals surface area contributed by atoms with E-state index >= 15 is 0 Å². The second-order valence-corrected chi connectivity index (χ2v) is 8.63. The molecule has 1 heterocycles. The van der Waals surface area contributed by atoms with Crippen LogP contribution < -0.4 is 0 Å². The molecule has 2 atom stereocenters. The zero-order valence-corrected chi connectivity index (χ0v) is 17.2. The first kappa shape index (κ1) is 21.8. The molecule has 31 heavy (non-hydrogen) atoms. The summed E-state index contributed by atoms with van der Waals surface area (Å²) in [5, 5.41) is 0. The van der Waals surface area contributed by atoms with Crippen molar-refractivity contribution >= 4 is 5.91 Å². The molecule has 1 saturated heterocycles. The van der Waals surface area contributed by atoms with E-state index in [9.17, 15) is 22.4 Å². The van der Waals surface area contributed by atoms with E-state index in [2.05, 4.69) is 0 Å². The third kappa shape index (κ3) is 5.45. The molecule has 1 amide bonds. The summed E-state index contributed by atoms with van der Waals surface area (Å²) in [6, 6.07) is 15.5. The summed E-state index contributed by atoms with van der Waals surface area (Å²) < 4.78 is 52.9. The minimum Gasteiger partial charge on any atom is -0.318 e. The van der Waals surface area contributed by atoms with Crippen molar-refractivity contribution in [2.75, 3.05) is 19.8 Å². The zero-order valence-electron chi connectivity index (χ0n) is 17.2. The lowest BCUT2D eigenvalue weighted by molar-refractivity contribution is -0.188. The highest BCUT2D eigenvalue weighted by Gasteiger charge is 2.52. The van der Waals surface area contributed by atoms with Crippen LogP contribution in [0.4, 0.5) is 17.6 Å². The van der Waals surface area contributed by atoms with Gasteiger partial charge in [0, 0.05) is 25.0 Å². The molecule has 2 aromatic carbocycles. The molecule has 0 bridgehead atoms. The van der Waals surface area contributed by atoms with Crippen LogP contribution in [-0.4, -0.2) is 47.7 Å². The molecule has 0 N–H and O–H groups in total. The summed E-state index contributed by atoms with van der Waals surface area (Å²) in [5.74, 6) is -1.64. The van der Waals surface area contributed by atoms with Gasteiger partial charge in [0.05, 0.1) is 6.67 Å². The van der Waals surface area contributed by atoms with Crippen LogP contribution in [0.25, 0.3) is 0 Å². The molecule has 0 spiro atoms. The minimum absolute atomic E-state index is 0.00954. The smallest absolute Gasteiger partial charge is 0.318 e. The van der Waals surface area contributed by atoms with E-state index in [0.717, 1.165) is 35.3 Å². The Kier molecular flexibility index (Phi) is 6.32. The van der Waals surface area contributed by atoms with E-state index in [4.69, 9.17) is 0 Å². The van der Waals surface area contributed by atoms with Crippen LogP contribution >= 0.6 is 0 Å². The van der Waals surface area contributed by atoms with Crippen molar-refractivity contribution in [1.29, 1.82) is 0 Å². The number of benzene rings is 2. The number of piperidine rings is 1. The van der Waals surface area contributed by atoms with Crippen molar-refractivity contribution in [1.82, 2.24) is 9.80 Å². The van der Waals surface area contributed by atoms with E-state index in [1.54, 1.807) is 12.1 Å².